The Labute approximate surface area is 143 Å². The third-order valence-electron chi connectivity index (χ3n) is 3.54. The molecule has 128 valence electrons. The molecule has 0 aromatic heterocycles. The number of aryl methyl sites for hydroxylation is 3. The molecule has 0 unspecified atom stereocenters. The molecule has 0 saturated heterocycles. The van der Waals surface area contributed by atoms with E-state index in [0.29, 0.717) is 18.9 Å². The first kappa shape index (κ1) is 17.9. The molecule has 0 bridgehead atoms. The standard InChI is InChI=1S/C20H25NO3/c1-14-6-5-7-18(11-14)24-17(4)20(22)21-8-9-23-19-12-15(2)10-16(3)13-19/h5-7,10-13,17H,8-9H2,1-4H3,(H,21,22)/t17-/m0/s1. The van der Waals surface area contributed by atoms with Crippen molar-refractivity contribution in [2.75, 3.05) is 13.2 Å². The number of carbonyl (C=O) groups is 1. The van der Waals surface area contributed by atoms with E-state index in [0.717, 1.165) is 22.4 Å². The lowest BCUT2D eigenvalue weighted by Crippen LogP contribution is -2.38. The maximum absolute atomic E-state index is 12.1. The highest BCUT2D eigenvalue weighted by Gasteiger charge is 2.14. The number of rotatable bonds is 7. The molecule has 4 nitrogen and oxygen atoms in total. The minimum Gasteiger partial charge on any atom is -0.492 e. The number of hydrogen-bond acceptors (Lipinski definition) is 3. The lowest BCUT2D eigenvalue weighted by molar-refractivity contribution is -0.127. The van der Waals surface area contributed by atoms with Crippen LogP contribution >= 0.6 is 0 Å². The smallest absolute Gasteiger partial charge is 0.260 e. The van der Waals surface area contributed by atoms with E-state index < -0.39 is 6.10 Å². The fourth-order valence-corrected chi connectivity index (χ4v) is 2.45. The Morgan fingerprint density at radius 2 is 1.67 bits per heavy atom. The minimum atomic E-state index is -0.548. The minimum absolute atomic E-state index is 0.152. The van der Waals surface area contributed by atoms with Crippen molar-refractivity contribution in [1.29, 1.82) is 0 Å². The molecule has 1 atom stereocenters. The van der Waals surface area contributed by atoms with Crippen LogP contribution in [0.1, 0.15) is 23.6 Å². The van der Waals surface area contributed by atoms with Gasteiger partial charge in [-0.15, -0.1) is 0 Å². The van der Waals surface area contributed by atoms with Gasteiger partial charge in [0.05, 0.1) is 6.54 Å². The van der Waals surface area contributed by atoms with Crippen LogP contribution in [-0.2, 0) is 4.79 Å². The summed E-state index contributed by atoms with van der Waals surface area (Å²) in [6.07, 6.45) is -0.548. The first-order valence-electron chi connectivity index (χ1n) is 8.16. The van der Waals surface area contributed by atoms with Gasteiger partial charge in [0.2, 0.25) is 0 Å². The van der Waals surface area contributed by atoms with Crippen molar-refractivity contribution in [2.24, 2.45) is 0 Å². The van der Waals surface area contributed by atoms with Gasteiger partial charge in [0, 0.05) is 0 Å². The molecule has 1 amide bonds. The van der Waals surface area contributed by atoms with Crippen molar-refractivity contribution in [1.82, 2.24) is 5.32 Å². The molecule has 0 aliphatic carbocycles. The highest BCUT2D eigenvalue weighted by Crippen LogP contribution is 2.16. The van der Waals surface area contributed by atoms with Crippen LogP contribution < -0.4 is 14.8 Å². The molecule has 2 rings (SSSR count). The van der Waals surface area contributed by atoms with Crippen LogP contribution in [0.4, 0.5) is 0 Å². The van der Waals surface area contributed by atoms with Crippen molar-refractivity contribution < 1.29 is 14.3 Å². The summed E-state index contributed by atoms with van der Waals surface area (Å²) in [5.74, 6) is 1.37. The van der Waals surface area contributed by atoms with E-state index in [4.69, 9.17) is 9.47 Å². The van der Waals surface area contributed by atoms with Crippen LogP contribution in [0.15, 0.2) is 42.5 Å². The van der Waals surface area contributed by atoms with Crippen molar-refractivity contribution >= 4 is 5.91 Å². The molecule has 0 heterocycles. The zero-order valence-corrected chi connectivity index (χ0v) is 14.8. The predicted molar refractivity (Wildman–Crippen MR) is 95.7 cm³/mol. The van der Waals surface area contributed by atoms with Gasteiger partial charge in [-0.1, -0.05) is 18.2 Å². The Balaban J connectivity index is 1.74. The Bertz CT molecular complexity index is 677. The van der Waals surface area contributed by atoms with E-state index in [1.165, 1.54) is 0 Å². The summed E-state index contributed by atoms with van der Waals surface area (Å²) in [5, 5.41) is 2.83. The number of carbonyl (C=O) groups excluding carboxylic acids is 1. The quantitative estimate of drug-likeness (QED) is 0.791. The van der Waals surface area contributed by atoms with Crippen molar-refractivity contribution in [3.63, 3.8) is 0 Å². The predicted octanol–water partition coefficient (Wildman–Crippen LogP) is 3.57. The number of hydrogen-bond donors (Lipinski definition) is 1. The first-order chi connectivity index (χ1) is 11.4. The number of amides is 1. The zero-order chi connectivity index (χ0) is 17.5. The van der Waals surface area contributed by atoms with E-state index in [1.54, 1.807) is 6.92 Å². The van der Waals surface area contributed by atoms with Gasteiger partial charge in [-0.3, -0.25) is 4.79 Å². The van der Waals surface area contributed by atoms with Crippen LogP contribution in [0.5, 0.6) is 11.5 Å². The van der Waals surface area contributed by atoms with Gasteiger partial charge in [-0.25, -0.2) is 0 Å². The number of nitrogens with one attached hydrogen (secondary N) is 1. The Kier molecular flexibility index (Phi) is 6.24. The fourth-order valence-electron chi connectivity index (χ4n) is 2.45. The summed E-state index contributed by atoms with van der Waals surface area (Å²) in [6, 6.07) is 13.7. The Morgan fingerprint density at radius 1 is 1.00 bits per heavy atom. The molecule has 0 spiro atoms. The summed E-state index contributed by atoms with van der Waals surface area (Å²) in [7, 11) is 0. The second-order valence-electron chi connectivity index (χ2n) is 6.04. The lowest BCUT2D eigenvalue weighted by Gasteiger charge is -2.15. The lowest BCUT2D eigenvalue weighted by atomic mass is 10.1. The molecule has 24 heavy (non-hydrogen) atoms. The van der Waals surface area contributed by atoms with E-state index in [9.17, 15) is 4.79 Å². The van der Waals surface area contributed by atoms with Crippen molar-refractivity contribution in [2.45, 2.75) is 33.8 Å². The fraction of sp³-hybridized carbons (Fsp3) is 0.350. The average molecular weight is 327 g/mol. The molecule has 0 fully saturated rings. The Hall–Kier alpha value is -2.49. The first-order valence-corrected chi connectivity index (χ1v) is 8.16. The van der Waals surface area contributed by atoms with Crippen LogP contribution in [0, 0.1) is 20.8 Å². The topological polar surface area (TPSA) is 47.6 Å². The van der Waals surface area contributed by atoms with E-state index >= 15 is 0 Å². The van der Waals surface area contributed by atoms with Gasteiger partial charge < -0.3 is 14.8 Å². The van der Waals surface area contributed by atoms with Crippen molar-refractivity contribution in [3.8, 4) is 11.5 Å². The normalized spacial score (nSPS) is 11.7. The number of benzene rings is 2. The van der Waals surface area contributed by atoms with Gasteiger partial charge in [0.25, 0.3) is 5.91 Å². The van der Waals surface area contributed by atoms with Crippen LogP contribution in [0.2, 0.25) is 0 Å². The summed E-state index contributed by atoms with van der Waals surface area (Å²) in [4.78, 5) is 12.1. The maximum atomic E-state index is 12.1. The monoisotopic (exact) mass is 327 g/mol. The van der Waals surface area contributed by atoms with Crippen LogP contribution in [-0.4, -0.2) is 25.2 Å². The second kappa shape index (κ2) is 8.39. The highest BCUT2D eigenvalue weighted by atomic mass is 16.5. The summed E-state index contributed by atoms with van der Waals surface area (Å²) >= 11 is 0. The molecule has 2 aromatic carbocycles. The highest BCUT2D eigenvalue weighted by molar-refractivity contribution is 5.80. The van der Waals surface area contributed by atoms with Gasteiger partial charge in [0.15, 0.2) is 6.10 Å². The van der Waals surface area contributed by atoms with Gasteiger partial charge in [-0.2, -0.15) is 0 Å². The van der Waals surface area contributed by atoms with E-state index in [1.807, 2.05) is 57.2 Å². The molecular formula is C20H25NO3. The summed E-state index contributed by atoms with van der Waals surface area (Å²) in [6.45, 7) is 8.65. The van der Waals surface area contributed by atoms with Gasteiger partial charge in [-0.05, 0) is 68.7 Å². The molecule has 1 N–H and O–H groups in total. The molecule has 0 radical (unpaired) electrons. The second-order valence-corrected chi connectivity index (χ2v) is 6.04. The van der Waals surface area contributed by atoms with Crippen LogP contribution in [0.25, 0.3) is 0 Å². The third-order valence-corrected chi connectivity index (χ3v) is 3.54. The molecular weight excluding hydrogens is 302 g/mol. The zero-order valence-electron chi connectivity index (χ0n) is 14.8. The maximum Gasteiger partial charge on any atom is 0.260 e. The number of ether oxygens (including phenoxy) is 2. The third kappa shape index (κ3) is 5.61. The molecule has 2 aromatic rings. The van der Waals surface area contributed by atoms with Gasteiger partial charge in [0.1, 0.15) is 18.1 Å². The molecule has 0 saturated carbocycles. The molecule has 0 aliphatic heterocycles. The molecule has 4 heteroatoms. The van der Waals surface area contributed by atoms with Crippen molar-refractivity contribution in [3.05, 3.63) is 59.2 Å². The average Bonchev–Trinajstić information content (AvgIpc) is 2.50. The van der Waals surface area contributed by atoms with Crippen LogP contribution in [0.3, 0.4) is 0 Å². The SMILES string of the molecule is Cc1cc(C)cc(OCCNC(=O)[C@H](C)Oc2cccc(C)c2)c1. The molecule has 0 aliphatic rings. The van der Waals surface area contributed by atoms with E-state index in [2.05, 4.69) is 11.4 Å². The Morgan fingerprint density at radius 3 is 2.33 bits per heavy atom. The van der Waals surface area contributed by atoms with E-state index in [-0.39, 0.29) is 5.91 Å². The van der Waals surface area contributed by atoms with Gasteiger partial charge >= 0.3 is 0 Å². The summed E-state index contributed by atoms with van der Waals surface area (Å²) < 4.78 is 11.3. The largest absolute Gasteiger partial charge is 0.492 e. The summed E-state index contributed by atoms with van der Waals surface area (Å²) in [5.41, 5.74) is 3.42.